The number of methoxy groups -OCH3 is 2. The van der Waals surface area contributed by atoms with E-state index in [1.807, 2.05) is 6.92 Å². The average molecular weight is 382 g/mol. The van der Waals surface area contributed by atoms with Crippen LogP contribution in [0.15, 0.2) is 47.4 Å². The summed E-state index contributed by atoms with van der Waals surface area (Å²) in [6, 6.07) is 10.3. The molecule has 0 unspecified atom stereocenters. The van der Waals surface area contributed by atoms with Crippen molar-refractivity contribution in [1.82, 2.24) is 4.57 Å². The van der Waals surface area contributed by atoms with Gasteiger partial charge >= 0.3 is 0 Å². The molecule has 1 aromatic heterocycles. The molecule has 0 spiro atoms. The predicted octanol–water partition coefficient (Wildman–Crippen LogP) is 3.21. The molecule has 0 aliphatic rings. The topological polar surface area (TPSA) is 78.8 Å². The maximum absolute atomic E-state index is 13.0. The first-order valence-electron chi connectivity index (χ1n) is 8.78. The minimum Gasteiger partial charge on any atom is -0.497 e. The molecule has 0 aliphatic heterocycles. The summed E-state index contributed by atoms with van der Waals surface area (Å²) in [6.45, 7) is 2.36. The van der Waals surface area contributed by atoms with Gasteiger partial charge in [-0.25, -0.2) is 0 Å². The second kappa shape index (κ2) is 8.04. The van der Waals surface area contributed by atoms with Crippen molar-refractivity contribution in [2.45, 2.75) is 6.92 Å². The highest BCUT2D eigenvalue weighted by Crippen LogP contribution is 2.29. The number of ether oxygens (including phenoxy) is 3. The monoisotopic (exact) mass is 382 g/mol. The lowest BCUT2D eigenvalue weighted by molar-refractivity contribution is 0.102. The van der Waals surface area contributed by atoms with Crippen LogP contribution in [0, 0.1) is 0 Å². The van der Waals surface area contributed by atoms with E-state index >= 15 is 0 Å². The van der Waals surface area contributed by atoms with Crippen molar-refractivity contribution in [3.8, 4) is 17.2 Å². The van der Waals surface area contributed by atoms with Crippen LogP contribution in [0.25, 0.3) is 10.9 Å². The van der Waals surface area contributed by atoms with Crippen molar-refractivity contribution in [3.63, 3.8) is 0 Å². The summed E-state index contributed by atoms with van der Waals surface area (Å²) < 4.78 is 17.7. The lowest BCUT2D eigenvalue weighted by Gasteiger charge is -2.13. The van der Waals surface area contributed by atoms with E-state index in [1.54, 1.807) is 48.0 Å². The molecule has 146 valence electrons. The van der Waals surface area contributed by atoms with Gasteiger partial charge in [-0.05, 0) is 37.3 Å². The number of nitrogens with one attached hydrogen (secondary N) is 1. The number of hydrogen-bond acceptors (Lipinski definition) is 5. The molecule has 7 heteroatoms. The van der Waals surface area contributed by atoms with Crippen molar-refractivity contribution >= 4 is 22.5 Å². The van der Waals surface area contributed by atoms with E-state index in [0.717, 1.165) is 0 Å². The maximum atomic E-state index is 13.0. The third kappa shape index (κ3) is 3.64. The van der Waals surface area contributed by atoms with E-state index in [9.17, 15) is 9.59 Å². The third-order valence-corrected chi connectivity index (χ3v) is 4.37. The quantitative estimate of drug-likeness (QED) is 0.708. The number of fused-ring (bicyclic) bond motifs is 1. The lowest BCUT2D eigenvalue weighted by atomic mass is 10.1. The Morgan fingerprint density at radius 2 is 1.82 bits per heavy atom. The van der Waals surface area contributed by atoms with E-state index in [1.165, 1.54) is 20.4 Å². The average Bonchev–Trinajstić information content (AvgIpc) is 2.70. The van der Waals surface area contributed by atoms with Crippen LogP contribution < -0.4 is 25.0 Å². The Balaban J connectivity index is 2.05. The van der Waals surface area contributed by atoms with Crippen molar-refractivity contribution in [3.05, 3.63) is 58.4 Å². The molecule has 1 heterocycles. The van der Waals surface area contributed by atoms with Gasteiger partial charge in [0.25, 0.3) is 5.91 Å². The van der Waals surface area contributed by atoms with Gasteiger partial charge in [-0.1, -0.05) is 0 Å². The molecule has 0 saturated heterocycles. The number of aromatic nitrogens is 1. The number of pyridine rings is 1. The summed E-state index contributed by atoms with van der Waals surface area (Å²) in [5, 5.41) is 3.15. The molecule has 7 nitrogen and oxygen atoms in total. The van der Waals surface area contributed by atoms with Gasteiger partial charge in [0.2, 0.25) is 5.43 Å². The van der Waals surface area contributed by atoms with E-state index in [-0.39, 0.29) is 11.0 Å². The van der Waals surface area contributed by atoms with Crippen molar-refractivity contribution < 1.29 is 19.0 Å². The fourth-order valence-corrected chi connectivity index (χ4v) is 2.99. The van der Waals surface area contributed by atoms with Gasteiger partial charge in [0.15, 0.2) is 0 Å². The van der Waals surface area contributed by atoms with Gasteiger partial charge in [0, 0.05) is 19.3 Å². The summed E-state index contributed by atoms with van der Waals surface area (Å²) in [6.07, 6.45) is 1.52. The van der Waals surface area contributed by atoms with E-state index in [4.69, 9.17) is 14.2 Å². The first kappa shape index (κ1) is 19.3. The van der Waals surface area contributed by atoms with Crippen LogP contribution >= 0.6 is 0 Å². The van der Waals surface area contributed by atoms with Gasteiger partial charge in [0.1, 0.15) is 22.8 Å². The lowest BCUT2D eigenvalue weighted by Crippen LogP contribution is -2.23. The first-order chi connectivity index (χ1) is 13.5. The zero-order valence-corrected chi connectivity index (χ0v) is 16.2. The SMILES string of the molecule is CCOc1ccc2c(c1)c(=O)c(C(=O)Nc1cc(OC)ccc1OC)cn2C. The summed E-state index contributed by atoms with van der Waals surface area (Å²) in [7, 11) is 4.81. The molecule has 1 N–H and O–H groups in total. The van der Waals surface area contributed by atoms with Crippen LogP contribution in [-0.2, 0) is 7.05 Å². The summed E-state index contributed by atoms with van der Waals surface area (Å²) in [5.41, 5.74) is 0.781. The molecule has 0 fully saturated rings. The van der Waals surface area contributed by atoms with Crippen LogP contribution in [0.1, 0.15) is 17.3 Å². The highest BCUT2D eigenvalue weighted by atomic mass is 16.5. The van der Waals surface area contributed by atoms with Gasteiger partial charge in [-0.3, -0.25) is 9.59 Å². The smallest absolute Gasteiger partial charge is 0.261 e. The zero-order valence-electron chi connectivity index (χ0n) is 16.2. The number of hydrogen-bond donors (Lipinski definition) is 1. The molecule has 0 aliphatic carbocycles. The second-order valence-electron chi connectivity index (χ2n) is 6.12. The number of aryl methyl sites for hydroxylation is 1. The standard InChI is InChI=1S/C21H22N2O5/c1-5-28-14-6-8-18-15(10-14)20(24)16(12-23(18)2)21(25)22-17-11-13(26-3)7-9-19(17)27-4/h6-12H,5H2,1-4H3,(H,22,25). The second-order valence-corrected chi connectivity index (χ2v) is 6.12. The van der Waals surface area contributed by atoms with Crippen LogP contribution in [0.5, 0.6) is 17.2 Å². The number of rotatable bonds is 6. The maximum Gasteiger partial charge on any atom is 0.261 e. The number of carbonyl (C=O) groups excluding carboxylic acids is 1. The zero-order chi connectivity index (χ0) is 20.3. The normalized spacial score (nSPS) is 10.6. The van der Waals surface area contributed by atoms with Crippen molar-refractivity contribution in [2.75, 3.05) is 26.1 Å². The Morgan fingerprint density at radius 3 is 2.50 bits per heavy atom. The molecule has 0 bridgehead atoms. The third-order valence-electron chi connectivity index (χ3n) is 4.37. The number of nitrogens with zero attached hydrogens (tertiary/aromatic N) is 1. The molecule has 1 amide bonds. The largest absolute Gasteiger partial charge is 0.497 e. The Morgan fingerprint density at radius 1 is 1.07 bits per heavy atom. The fraction of sp³-hybridized carbons (Fsp3) is 0.238. The number of anilines is 1. The molecular formula is C21H22N2O5. The Hall–Kier alpha value is -3.48. The first-order valence-corrected chi connectivity index (χ1v) is 8.78. The minimum atomic E-state index is -0.532. The number of carbonyl (C=O) groups is 1. The van der Waals surface area contributed by atoms with Crippen LogP contribution in [0.3, 0.4) is 0 Å². The van der Waals surface area contributed by atoms with Gasteiger partial charge in [0.05, 0.1) is 37.4 Å². The molecule has 28 heavy (non-hydrogen) atoms. The van der Waals surface area contributed by atoms with Crippen LogP contribution in [0.2, 0.25) is 0 Å². The molecule has 0 radical (unpaired) electrons. The summed E-state index contributed by atoms with van der Waals surface area (Å²) in [5.74, 6) is 1.07. The van der Waals surface area contributed by atoms with E-state index < -0.39 is 5.91 Å². The molecule has 0 saturated carbocycles. The Bertz CT molecular complexity index is 1090. The molecule has 3 aromatic rings. The number of benzene rings is 2. The summed E-state index contributed by atoms with van der Waals surface area (Å²) in [4.78, 5) is 25.8. The number of amides is 1. The highest BCUT2D eigenvalue weighted by molar-refractivity contribution is 6.06. The van der Waals surface area contributed by atoms with Crippen LogP contribution in [0.4, 0.5) is 5.69 Å². The van der Waals surface area contributed by atoms with Crippen molar-refractivity contribution in [1.29, 1.82) is 0 Å². The fourth-order valence-electron chi connectivity index (χ4n) is 2.99. The molecule has 2 aromatic carbocycles. The highest BCUT2D eigenvalue weighted by Gasteiger charge is 2.17. The van der Waals surface area contributed by atoms with Crippen LogP contribution in [-0.4, -0.2) is 31.3 Å². The van der Waals surface area contributed by atoms with E-state index in [0.29, 0.717) is 40.4 Å². The van der Waals surface area contributed by atoms with E-state index in [2.05, 4.69) is 5.32 Å². The van der Waals surface area contributed by atoms with Gasteiger partial charge in [-0.15, -0.1) is 0 Å². The van der Waals surface area contributed by atoms with Crippen molar-refractivity contribution in [2.24, 2.45) is 7.05 Å². The Kier molecular flexibility index (Phi) is 5.54. The minimum absolute atomic E-state index is 0.0218. The van der Waals surface area contributed by atoms with Gasteiger partial charge in [-0.2, -0.15) is 0 Å². The van der Waals surface area contributed by atoms with Gasteiger partial charge < -0.3 is 24.1 Å². The predicted molar refractivity (Wildman–Crippen MR) is 108 cm³/mol. The molecular weight excluding hydrogens is 360 g/mol. The molecule has 0 atom stereocenters. The summed E-state index contributed by atoms with van der Waals surface area (Å²) >= 11 is 0. The Labute approximate surface area is 162 Å². The molecule has 3 rings (SSSR count).